The van der Waals surface area contributed by atoms with Crippen molar-refractivity contribution in [2.24, 2.45) is 5.10 Å². The van der Waals surface area contributed by atoms with E-state index < -0.39 is 0 Å². The summed E-state index contributed by atoms with van der Waals surface area (Å²) in [6, 6.07) is 13.5. The molecular weight excluding hydrogens is 450 g/mol. The number of hydrogen-bond acceptors (Lipinski definition) is 7. The van der Waals surface area contributed by atoms with Gasteiger partial charge in [0.15, 0.2) is 22.5 Å². The first-order valence-corrected chi connectivity index (χ1v) is 12.4. The van der Waals surface area contributed by atoms with Gasteiger partial charge in [-0.2, -0.15) is 5.10 Å². The third-order valence-corrected chi connectivity index (χ3v) is 6.80. The van der Waals surface area contributed by atoms with Gasteiger partial charge in [0.2, 0.25) is 0 Å². The number of carbonyl (C=O) groups is 1. The van der Waals surface area contributed by atoms with Crippen LogP contribution >= 0.6 is 11.8 Å². The molecule has 0 atom stereocenters. The van der Waals surface area contributed by atoms with Gasteiger partial charge < -0.3 is 9.84 Å². The number of hydrogen-bond donors (Lipinski definition) is 2. The Labute approximate surface area is 203 Å². The highest BCUT2D eigenvalue weighted by atomic mass is 32.2. The molecule has 178 valence electrons. The largest absolute Gasteiger partial charge is 0.504 e. The summed E-state index contributed by atoms with van der Waals surface area (Å²) in [5.74, 6) is 1.19. The number of carbonyl (C=O) groups excluding carboxylic acids is 1. The summed E-state index contributed by atoms with van der Waals surface area (Å²) >= 11 is 1.37. The molecule has 2 N–H and O–H groups in total. The molecule has 2 aromatic carbocycles. The van der Waals surface area contributed by atoms with Crippen LogP contribution in [0.25, 0.3) is 11.4 Å². The number of phenolic OH excluding ortho intramolecular Hbond substituents is 1. The minimum atomic E-state index is -0.234. The molecule has 0 radical (unpaired) electrons. The Morgan fingerprint density at radius 1 is 1.21 bits per heavy atom. The second-order valence-corrected chi connectivity index (χ2v) is 9.29. The minimum absolute atomic E-state index is 0.0483. The van der Waals surface area contributed by atoms with Crippen molar-refractivity contribution in [3.8, 4) is 22.9 Å². The van der Waals surface area contributed by atoms with E-state index in [-0.39, 0.29) is 17.4 Å². The minimum Gasteiger partial charge on any atom is -0.504 e. The summed E-state index contributed by atoms with van der Waals surface area (Å²) in [7, 11) is 1.48. The molecule has 1 saturated carbocycles. The molecule has 9 heteroatoms. The molecule has 0 bridgehead atoms. The van der Waals surface area contributed by atoms with Crippen LogP contribution in [-0.2, 0) is 4.79 Å². The van der Waals surface area contributed by atoms with Crippen molar-refractivity contribution in [1.82, 2.24) is 20.2 Å². The van der Waals surface area contributed by atoms with Crippen molar-refractivity contribution in [3.63, 3.8) is 0 Å². The van der Waals surface area contributed by atoms with E-state index in [0.717, 1.165) is 29.4 Å². The molecule has 4 rings (SSSR count). The SMILES string of the molecule is COc1cc(C=NNC(=O)CSc2nnc(-c3ccc(C)cc3)n2C2CCCCC2)ccc1O. The summed E-state index contributed by atoms with van der Waals surface area (Å²) in [6.07, 6.45) is 7.34. The standard InChI is InChI=1S/C25H29N5O3S/c1-17-8-11-19(12-9-17)24-28-29-25(30(24)20-6-4-3-5-7-20)34-16-23(32)27-26-15-18-10-13-21(31)22(14-18)33-2/h8-15,20,31H,3-7,16H2,1-2H3,(H,27,32). The second kappa shape index (κ2) is 11.2. The number of aromatic hydroxyl groups is 1. The Balaban J connectivity index is 1.43. The van der Waals surface area contributed by atoms with Gasteiger partial charge >= 0.3 is 0 Å². The highest BCUT2D eigenvalue weighted by Crippen LogP contribution is 2.35. The van der Waals surface area contributed by atoms with Gasteiger partial charge in [-0.25, -0.2) is 5.43 Å². The van der Waals surface area contributed by atoms with E-state index >= 15 is 0 Å². The van der Waals surface area contributed by atoms with Gasteiger partial charge in [-0.05, 0) is 43.5 Å². The van der Waals surface area contributed by atoms with E-state index in [4.69, 9.17) is 4.74 Å². The van der Waals surface area contributed by atoms with E-state index in [9.17, 15) is 9.90 Å². The van der Waals surface area contributed by atoms with Gasteiger partial charge in [-0.3, -0.25) is 9.36 Å². The molecule has 1 aromatic heterocycles. The molecule has 1 aliphatic rings. The van der Waals surface area contributed by atoms with Crippen LogP contribution in [-0.4, -0.2) is 44.9 Å². The zero-order valence-electron chi connectivity index (χ0n) is 19.4. The maximum atomic E-state index is 12.4. The van der Waals surface area contributed by atoms with E-state index in [0.29, 0.717) is 17.4 Å². The number of nitrogens with zero attached hydrogens (tertiary/aromatic N) is 4. The first kappa shape index (κ1) is 23.8. The predicted molar refractivity (Wildman–Crippen MR) is 133 cm³/mol. The lowest BCUT2D eigenvalue weighted by molar-refractivity contribution is -0.118. The van der Waals surface area contributed by atoms with E-state index in [1.54, 1.807) is 12.1 Å². The molecule has 8 nitrogen and oxygen atoms in total. The average Bonchev–Trinajstić information content (AvgIpc) is 3.28. The lowest BCUT2D eigenvalue weighted by Gasteiger charge is -2.25. The average molecular weight is 480 g/mol. The van der Waals surface area contributed by atoms with Crippen LogP contribution in [0.15, 0.2) is 52.7 Å². The molecule has 0 saturated heterocycles. The van der Waals surface area contributed by atoms with Gasteiger partial charge in [-0.1, -0.05) is 60.9 Å². The van der Waals surface area contributed by atoms with E-state index in [1.165, 1.54) is 56.0 Å². The second-order valence-electron chi connectivity index (χ2n) is 8.35. The van der Waals surface area contributed by atoms with E-state index in [1.807, 2.05) is 0 Å². The number of aryl methyl sites for hydroxylation is 1. The summed E-state index contributed by atoms with van der Waals surface area (Å²) in [6.45, 7) is 2.07. The first-order chi connectivity index (χ1) is 16.5. The number of amides is 1. The number of benzene rings is 2. The van der Waals surface area contributed by atoms with Crippen molar-refractivity contribution < 1.29 is 14.6 Å². The third-order valence-electron chi connectivity index (χ3n) is 5.85. The number of nitrogens with one attached hydrogen (secondary N) is 1. The van der Waals surface area contributed by atoms with Gasteiger partial charge in [-0.15, -0.1) is 10.2 Å². The highest BCUT2D eigenvalue weighted by molar-refractivity contribution is 7.99. The van der Waals surface area contributed by atoms with Crippen LogP contribution in [0.3, 0.4) is 0 Å². The van der Waals surface area contributed by atoms with Crippen molar-refractivity contribution in [2.45, 2.75) is 50.2 Å². The molecule has 34 heavy (non-hydrogen) atoms. The molecule has 1 fully saturated rings. The van der Waals surface area contributed by atoms with Crippen LogP contribution in [0.5, 0.6) is 11.5 Å². The smallest absolute Gasteiger partial charge is 0.250 e. The van der Waals surface area contributed by atoms with Crippen LogP contribution in [0.1, 0.15) is 49.3 Å². The molecule has 1 amide bonds. The summed E-state index contributed by atoms with van der Waals surface area (Å²) in [5.41, 5.74) is 5.48. The Kier molecular flexibility index (Phi) is 7.84. The molecule has 0 unspecified atom stereocenters. The van der Waals surface area contributed by atoms with Gasteiger partial charge in [0.1, 0.15) is 0 Å². The van der Waals surface area contributed by atoms with Gasteiger partial charge in [0, 0.05) is 11.6 Å². The third kappa shape index (κ3) is 5.77. The number of phenols is 1. The first-order valence-electron chi connectivity index (χ1n) is 11.4. The zero-order chi connectivity index (χ0) is 23.9. The van der Waals surface area contributed by atoms with Gasteiger partial charge in [0.05, 0.1) is 19.1 Å². The fraction of sp³-hybridized carbons (Fsp3) is 0.360. The van der Waals surface area contributed by atoms with Crippen molar-refractivity contribution in [1.29, 1.82) is 0 Å². The zero-order valence-corrected chi connectivity index (χ0v) is 20.2. The van der Waals surface area contributed by atoms with Crippen LogP contribution in [0, 0.1) is 6.92 Å². The van der Waals surface area contributed by atoms with Gasteiger partial charge in [0.25, 0.3) is 5.91 Å². The van der Waals surface area contributed by atoms with Crippen LogP contribution in [0.2, 0.25) is 0 Å². The quantitative estimate of drug-likeness (QED) is 0.275. The summed E-state index contributed by atoms with van der Waals surface area (Å²) in [5, 5.41) is 23.4. The topological polar surface area (TPSA) is 102 Å². The molecule has 0 aliphatic heterocycles. The Bertz CT molecular complexity index is 1150. The molecular formula is C25H29N5O3S. The van der Waals surface area contributed by atoms with Crippen molar-refractivity contribution >= 4 is 23.9 Å². The number of ether oxygens (including phenoxy) is 1. The van der Waals surface area contributed by atoms with E-state index in [2.05, 4.69) is 56.5 Å². The molecule has 0 spiro atoms. The lowest BCUT2D eigenvalue weighted by Crippen LogP contribution is -2.20. The molecule has 1 heterocycles. The monoisotopic (exact) mass is 479 g/mol. The summed E-state index contributed by atoms with van der Waals surface area (Å²) in [4.78, 5) is 12.4. The highest BCUT2D eigenvalue weighted by Gasteiger charge is 2.24. The fourth-order valence-corrected chi connectivity index (χ4v) is 4.86. The number of rotatable bonds is 8. The number of aromatic nitrogens is 3. The Morgan fingerprint density at radius 3 is 2.71 bits per heavy atom. The maximum absolute atomic E-state index is 12.4. The normalized spacial score (nSPS) is 14.4. The maximum Gasteiger partial charge on any atom is 0.250 e. The Hall–Kier alpha value is -3.33. The number of thioether (sulfide) groups is 1. The molecule has 1 aliphatic carbocycles. The van der Waals surface area contributed by atoms with Crippen LogP contribution < -0.4 is 10.2 Å². The van der Waals surface area contributed by atoms with Crippen LogP contribution in [0.4, 0.5) is 0 Å². The van der Waals surface area contributed by atoms with Crippen molar-refractivity contribution in [2.75, 3.05) is 12.9 Å². The van der Waals surface area contributed by atoms with Crippen molar-refractivity contribution in [3.05, 3.63) is 53.6 Å². The fourth-order valence-electron chi connectivity index (χ4n) is 4.06. The number of methoxy groups -OCH3 is 1. The number of hydrazone groups is 1. The predicted octanol–water partition coefficient (Wildman–Crippen LogP) is 4.72. The molecule has 3 aromatic rings. The lowest BCUT2D eigenvalue weighted by atomic mass is 9.95. The summed E-state index contributed by atoms with van der Waals surface area (Å²) < 4.78 is 7.30. The Morgan fingerprint density at radius 2 is 1.97 bits per heavy atom.